The third-order valence-corrected chi connectivity index (χ3v) is 5.39. The lowest BCUT2D eigenvalue weighted by atomic mass is 9.70. The van der Waals surface area contributed by atoms with Crippen LogP contribution in [0.2, 0.25) is 0 Å². The van der Waals surface area contributed by atoms with Crippen molar-refractivity contribution in [1.82, 2.24) is 14.8 Å². The molecular weight excluding hydrogens is 286 g/mol. The molecule has 0 bridgehead atoms. The number of rotatable bonds is 4. The van der Waals surface area contributed by atoms with E-state index in [9.17, 15) is 4.79 Å². The summed E-state index contributed by atoms with van der Waals surface area (Å²) in [5.74, 6) is 1.29. The molecule has 6 heteroatoms. The largest absolute Gasteiger partial charge is 0.481 e. The van der Waals surface area contributed by atoms with Gasteiger partial charge in [0.1, 0.15) is 0 Å². The summed E-state index contributed by atoms with van der Waals surface area (Å²) in [6, 6.07) is 0. The Labute approximate surface area is 130 Å². The topological polar surface area (TPSA) is 68.0 Å². The molecule has 0 aromatic carbocycles. The first-order valence-electron chi connectivity index (χ1n) is 7.53. The van der Waals surface area contributed by atoms with E-state index >= 15 is 0 Å². The van der Waals surface area contributed by atoms with Crippen LogP contribution in [-0.2, 0) is 11.8 Å². The Morgan fingerprint density at radius 1 is 1.33 bits per heavy atom. The lowest BCUT2D eigenvalue weighted by Gasteiger charge is -2.36. The van der Waals surface area contributed by atoms with Crippen molar-refractivity contribution in [1.29, 1.82) is 0 Å². The highest BCUT2D eigenvalue weighted by Gasteiger charge is 2.31. The molecule has 118 valence electrons. The van der Waals surface area contributed by atoms with Gasteiger partial charge in [0.25, 0.3) is 0 Å². The first-order chi connectivity index (χ1) is 9.77. The van der Waals surface area contributed by atoms with E-state index in [2.05, 4.69) is 30.9 Å². The van der Waals surface area contributed by atoms with Crippen LogP contribution in [-0.4, -0.2) is 31.6 Å². The highest BCUT2D eigenvalue weighted by atomic mass is 32.2. The third kappa shape index (κ3) is 4.22. The highest BCUT2D eigenvalue weighted by Crippen LogP contribution is 2.42. The molecule has 0 aliphatic heterocycles. The number of hydrogen-bond donors (Lipinski definition) is 1. The summed E-state index contributed by atoms with van der Waals surface area (Å²) in [7, 11) is 1.83. The number of aryl methyl sites for hydroxylation is 1. The Hall–Kier alpha value is -1.04. The minimum absolute atomic E-state index is 0.0305. The van der Waals surface area contributed by atoms with Crippen LogP contribution in [0.15, 0.2) is 5.16 Å². The second kappa shape index (κ2) is 6.38. The van der Waals surface area contributed by atoms with Gasteiger partial charge in [0.2, 0.25) is 0 Å². The van der Waals surface area contributed by atoms with Crippen molar-refractivity contribution in [2.24, 2.45) is 18.4 Å². The van der Waals surface area contributed by atoms with Gasteiger partial charge in [-0.1, -0.05) is 32.5 Å². The molecule has 1 heterocycles. The number of nitrogens with zero attached hydrogens (tertiary/aromatic N) is 3. The fourth-order valence-electron chi connectivity index (χ4n) is 3.03. The summed E-state index contributed by atoms with van der Waals surface area (Å²) < 4.78 is 1.71. The van der Waals surface area contributed by atoms with E-state index in [0.29, 0.717) is 16.5 Å². The minimum atomic E-state index is -0.824. The van der Waals surface area contributed by atoms with Crippen LogP contribution in [0.1, 0.15) is 58.2 Å². The zero-order valence-corrected chi connectivity index (χ0v) is 14.1. The van der Waals surface area contributed by atoms with Gasteiger partial charge in [-0.3, -0.25) is 4.79 Å². The fraction of sp³-hybridized carbons (Fsp3) is 0.800. The summed E-state index contributed by atoms with van der Waals surface area (Å²) in [5.41, 5.74) is 0.380. The van der Waals surface area contributed by atoms with Crippen LogP contribution in [0.4, 0.5) is 0 Å². The highest BCUT2D eigenvalue weighted by molar-refractivity contribution is 7.99. The van der Waals surface area contributed by atoms with E-state index in [-0.39, 0.29) is 5.75 Å². The number of carboxylic acids is 1. The van der Waals surface area contributed by atoms with Crippen LogP contribution in [0.3, 0.4) is 0 Å². The number of aliphatic carboxylic acids is 1. The quantitative estimate of drug-likeness (QED) is 0.864. The Bertz CT molecular complexity index is 500. The number of carbonyl (C=O) groups is 1. The summed E-state index contributed by atoms with van der Waals surface area (Å²) in [5, 5.41) is 13.9. The molecule has 21 heavy (non-hydrogen) atoms. The van der Waals surface area contributed by atoms with E-state index in [1.807, 2.05) is 7.05 Å². The second-order valence-corrected chi connectivity index (χ2v) is 7.92. The predicted octanol–water partition coefficient (Wildman–Crippen LogP) is 3.31. The van der Waals surface area contributed by atoms with Crippen molar-refractivity contribution in [2.75, 3.05) is 5.75 Å². The summed E-state index contributed by atoms with van der Waals surface area (Å²) in [4.78, 5) is 15.2. The Balaban J connectivity index is 1.97. The summed E-state index contributed by atoms with van der Waals surface area (Å²) in [6.45, 7) is 6.95. The normalized spacial score (nSPS) is 23.2. The third-order valence-electron chi connectivity index (χ3n) is 4.38. The Morgan fingerprint density at radius 2 is 1.95 bits per heavy atom. The van der Waals surface area contributed by atoms with E-state index in [1.165, 1.54) is 24.6 Å². The number of aromatic nitrogens is 3. The van der Waals surface area contributed by atoms with Crippen molar-refractivity contribution in [3.8, 4) is 0 Å². The minimum Gasteiger partial charge on any atom is -0.481 e. The van der Waals surface area contributed by atoms with Crippen LogP contribution < -0.4 is 0 Å². The average Bonchev–Trinajstić information content (AvgIpc) is 2.77. The first-order valence-corrected chi connectivity index (χ1v) is 8.51. The molecule has 1 aliphatic carbocycles. The molecule has 0 atom stereocenters. The Morgan fingerprint density at radius 3 is 2.48 bits per heavy atom. The number of hydrogen-bond acceptors (Lipinski definition) is 4. The van der Waals surface area contributed by atoms with Crippen LogP contribution in [0.25, 0.3) is 0 Å². The van der Waals surface area contributed by atoms with Crippen molar-refractivity contribution in [3.05, 3.63) is 5.82 Å². The van der Waals surface area contributed by atoms with Gasteiger partial charge in [-0.15, -0.1) is 0 Å². The van der Waals surface area contributed by atoms with E-state index in [0.717, 1.165) is 24.6 Å². The lowest BCUT2D eigenvalue weighted by molar-refractivity contribution is -0.133. The molecule has 1 N–H and O–H groups in total. The van der Waals surface area contributed by atoms with Crippen molar-refractivity contribution >= 4 is 17.7 Å². The second-order valence-electron chi connectivity index (χ2n) is 6.97. The maximum absolute atomic E-state index is 10.6. The molecule has 0 saturated heterocycles. The van der Waals surface area contributed by atoms with E-state index < -0.39 is 5.97 Å². The van der Waals surface area contributed by atoms with Gasteiger partial charge in [0, 0.05) is 13.0 Å². The molecule has 5 nitrogen and oxygen atoms in total. The van der Waals surface area contributed by atoms with E-state index in [1.54, 1.807) is 4.68 Å². The average molecular weight is 311 g/mol. The zero-order valence-electron chi connectivity index (χ0n) is 13.3. The SMILES string of the molecule is Cn1nc(C2CCC(C(C)(C)C)CC2)nc1SCC(=O)O. The molecule has 1 aromatic heterocycles. The standard InChI is InChI=1S/C15H25N3O2S/c1-15(2,3)11-7-5-10(6-8-11)13-16-14(18(4)17-13)21-9-12(19)20/h10-11H,5-9H2,1-4H3,(H,19,20). The molecule has 0 amide bonds. The maximum Gasteiger partial charge on any atom is 0.313 e. The summed E-state index contributed by atoms with van der Waals surface area (Å²) in [6.07, 6.45) is 4.72. The van der Waals surface area contributed by atoms with Gasteiger partial charge >= 0.3 is 5.97 Å². The molecule has 1 fully saturated rings. The van der Waals surface area contributed by atoms with Crippen LogP contribution in [0, 0.1) is 11.3 Å². The van der Waals surface area contributed by atoms with Gasteiger partial charge in [0.05, 0.1) is 5.75 Å². The van der Waals surface area contributed by atoms with Gasteiger partial charge in [0.15, 0.2) is 11.0 Å². The monoisotopic (exact) mass is 311 g/mol. The van der Waals surface area contributed by atoms with Gasteiger partial charge in [-0.25, -0.2) is 9.67 Å². The smallest absolute Gasteiger partial charge is 0.313 e. The molecule has 0 unspecified atom stereocenters. The Kier molecular flexibility index (Phi) is 4.96. The van der Waals surface area contributed by atoms with Gasteiger partial charge in [-0.05, 0) is 37.0 Å². The van der Waals surface area contributed by atoms with E-state index in [4.69, 9.17) is 5.11 Å². The van der Waals surface area contributed by atoms with Crippen LogP contribution >= 0.6 is 11.8 Å². The van der Waals surface area contributed by atoms with Crippen molar-refractivity contribution in [3.63, 3.8) is 0 Å². The van der Waals surface area contributed by atoms with Gasteiger partial charge < -0.3 is 5.11 Å². The number of carboxylic acid groups (broad SMARTS) is 1. The molecule has 1 aromatic rings. The number of thioether (sulfide) groups is 1. The molecular formula is C15H25N3O2S. The molecule has 2 rings (SSSR count). The van der Waals surface area contributed by atoms with Crippen LogP contribution in [0.5, 0.6) is 0 Å². The maximum atomic E-state index is 10.6. The summed E-state index contributed by atoms with van der Waals surface area (Å²) >= 11 is 1.23. The lowest BCUT2D eigenvalue weighted by Crippen LogP contribution is -2.25. The zero-order chi connectivity index (χ0) is 15.6. The molecule has 1 saturated carbocycles. The first kappa shape index (κ1) is 16.3. The molecule has 0 radical (unpaired) electrons. The van der Waals surface area contributed by atoms with Crippen molar-refractivity contribution < 1.29 is 9.90 Å². The molecule has 1 aliphatic rings. The van der Waals surface area contributed by atoms with Gasteiger partial charge in [-0.2, -0.15) is 5.10 Å². The van der Waals surface area contributed by atoms with Crippen molar-refractivity contribution in [2.45, 2.75) is 57.5 Å². The predicted molar refractivity (Wildman–Crippen MR) is 83.5 cm³/mol. The molecule has 0 spiro atoms. The fourth-order valence-corrected chi connectivity index (χ4v) is 3.67.